The zero-order valence-corrected chi connectivity index (χ0v) is 13.3. The number of alkyl halides is 3. The van der Waals surface area contributed by atoms with Crippen LogP contribution in [0.1, 0.15) is 0 Å². The summed E-state index contributed by atoms with van der Waals surface area (Å²) in [6, 6.07) is 7.54. The van der Waals surface area contributed by atoms with Crippen LogP contribution in [-0.4, -0.2) is 51.1 Å². The molecule has 1 aliphatic heterocycles. The van der Waals surface area contributed by atoms with Gasteiger partial charge in [-0.3, -0.25) is 4.79 Å². The SMILES string of the molecule is O=C(O)[C@@H]1CN(C(=O)Nc2cccc(-n3cccn3)c2)C[C@H]1C(F)(F)F. The average Bonchev–Trinajstić information content (AvgIpc) is 3.24. The number of urea groups is 1. The number of likely N-dealkylation sites (tertiary alicyclic amines) is 1. The van der Waals surface area contributed by atoms with Crippen molar-refractivity contribution in [2.75, 3.05) is 18.4 Å². The summed E-state index contributed by atoms with van der Waals surface area (Å²) >= 11 is 0. The Balaban J connectivity index is 1.73. The predicted molar refractivity (Wildman–Crippen MR) is 84.8 cm³/mol. The van der Waals surface area contributed by atoms with Crippen LogP contribution in [0.2, 0.25) is 0 Å². The fraction of sp³-hybridized carbons (Fsp3) is 0.312. The van der Waals surface area contributed by atoms with Crippen LogP contribution >= 0.6 is 0 Å². The Labute approximate surface area is 146 Å². The number of carboxylic acids is 1. The number of halogens is 3. The van der Waals surface area contributed by atoms with Gasteiger partial charge in [0.25, 0.3) is 0 Å². The summed E-state index contributed by atoms with van der Waals surface area (Å²) < 4.78 is 40.6. The number of benzene rings is 1. The minimum absolute atomic E-state index is 0.366. The van der Waals surface area contributed by atoms with Crippen LogP contribution in [0.5, 0.6) is 0 Å². The minimum Gasteiger partial charge on any atom is -0.481 e. The number of nitrogens with zero attached hydrogens (tertiary/aromatic N) is 3. The first-order chi connectivity index (χ1) is 12.3. The van der Waals surface area contributed by atoms with Gasteiger partial charge < -0.3 is 15.3 Å². The fourth-order valence-corrected chi connectivity index (χ4v) is 2.90. The van der Waals surface area contributed by atoms with E-state index in [1.54, 1.807) is 47.4 Å². The average molecular weight is 368 g/mol. The molecule has 1 aromatic carbocycles. The minimum atomic E-state index is -4.68. The molecule has 138 valence electrons. The molecule has 2 heterocycles. The van der Waals surface area contributed by atoms with Crippen molar-refractivity contribution in [2.45, 2.75) is 6.18 Å². The third-order valence-electron chi connectivity index (χ3n) is 4.21. The van der Waals surface area contributed by atoms with Gasteiger partial charge in [-0.2, -0.15) is 18.3 Å². The number of hydrogen-bond donors (Lipinski definition) is 2. The number of amides is 2. The maximum atomic E-state index is 13.0. The molecule has 0 radical (unpaired) electrons. The molecule has 1 fully saturated rings. The smallest absolute Gasteiger partial charge is 0.394 e. The Bertz CT molecular complexity index is 807. The molecule has 2 atom stereocenters. The van der Waals surface area contributed by atoms with E-state index in [9.17, 15) is 22.8 Å². The van der Waals surface area contributed by atoms with Gasteiger partial charge in [-0.25, -0.2) is 9.48 Å². The van der Waals surface area contributed by atoms with Gasteiger partial charge in [0, 0.05) is 31.2 Å². The van der Waals surface area contributed by atoms with Gasteiger partial charge >= 0.3 is 18.2 Å². The summed E-state index contributed by atoms with van der Waals surface area (Å²) in [4.78, 5) is 24.3. The van der Waals surface area contributed by atoms with Crippen molar-refractivity contribution in [1.82, 2.24) is 14.7 Å². The predicted octanol–water partition coefficient (Wildman–Crippen LogP) is 2.60. The molecule has 3 rings (SSSR count). The van der Waals surface area contributed by atoms with Crippen molar-refractivity contribution in [1.29, 1.82) is 0 Å². The number of carboxylic acid groups (broad SMARTS) is 1. The standard InChI is InChI=1S/C16H15F3N4O3/c17-16(18,19)13-9-22(8-12(13)14(24)25)15(26)21-10-3-1-4-11(7-10)23-6-2-5-20-23/h1-7,12-13H,8-9H2,(H,21,26)(H,24,25)/t12-,13-/m1/s1. The molecule has 2 N–H and O–H groups in total. The quantitative estimate of drug-likeness (QED) is 0.872. The highest BCUT2D eigenvalue weighted by Gasteiger charge is 2.53. The van der Waals surface area contributed by atoms with E-state index in [1.807, 2.05) is 0 Å². The van der Waals surface area contributed by atoms with E-state index in [2.05, 4.69) is 10.4 Å². The molecule has 0 aliphatic carbocycles. The van der Waals surface area contributed by atoms with Crippen molar-refractivity contribution in [2.24, 2.45) is 11.8 Å². The second kappa shape index (κ2) is 6.70. The Kier molecular flexibility index (Phi) is 4.58. The van der Waals surface area contributed by atoms with E-state index < -0.39 is 43.1 Å². The molecule has 1 aromatic heterocycles. The maximum Gasteiger partial charge on any atom is 0.394 e. The van der Waals surface area contributed by atoms with Crippen LogP contribution in [0.25, 0.3) is 5.69 Å². The van der Waals surface area contributed by atoms with Gasteiger partial charge in [0.15, 0.2) is 0 Å². The molecule has 2 amide bonds. The third-order valence-corrected chi connectivity index (χ3v) is 4.21. The first-order valence-electron chi connectivity index (χ1n) is 7.71. The Hall–Kier alpha value is -3.04. The third kappa shape index (κ3) is 3.63. The highest BCUT2D eigenvalue weighted by Crippen LogP contribution is 2.37. The lowest BCUT2D eigenvalue weighted by molar-refractivity contribution is -0.187. The molecule has 2 aromatic rings. The summed E-state index contributed by atoms with van der Waals surface area (Å²) in [7, 11) is 0. The molecule has 26 heavy (non-hydrogen) atoms. The highest BCUT2D eigenvalue weighted by molar-refractivity contribution is 5.90. The lowest BCUT2D eigenvalue weighted by atomic mass is 9.96. The van der Waals surface area contributed by atoms with Gasteiger partial charge in [0.2, 0.25) is 0 Å². The zero-order valence-electron chi connectivity index (χ0n) is 13.3. The lowest BCUT2D eigenvalue weighted by Gasteiger charge is -2.19. The van der Waals surface area contributed by atoms with Crippen molar-refractivity contribution in [3.63, 3.8) is 0 Å². The summed E-state index contributed by atoms with van der Waals surface area (Å²) in [5.41, 5.74) is 1.02. The Morgan fingerprint density at radius 3 is 2.58 bits per heavy atom. The molecule has 0 unspecified atom stereocenters. The summed E-state index contributed by atoms with van der Waals surface area (Å²) in [6.45, 7) is -1.19. The van der Waals surface area contributed by atoms with Crippen LogP contribution in [0.15, 0.2) is 42.7 Å². The number of anilines is 1. The molecule has 0 saturated carbocycles. The van der Waals surface area contributed by atoms with Crippen LogP contribution in [0, 0.1) is 11.8 Å². The molecule has 0 spiro atoms. The van der Waals surface area contributed by atoms with Gasteiger partial charge in [-0.15, -0.1) is 0 Å². The Morgan fingerprint density at radius 2 is 2.00 bits per heavy atom. The Morgan fingerprint density at radius 1 is 1.23 bits per heavy atom. The second-order valence-electron chi connectivity index (χ2n) is 5.93. The van der Waals surface area contributed by atoms with E-state index in [-0.39, 0.29) is 0 Å². The highest BCUT2D eigenvalue weighted by atomic mass is 19.4. The first kappa shape index (κ1) is 17.8. The largest absolute Gasteiger partial charge is 0.481 e. The molecule has 10 heteroatoms. The molecule has 7 nitrogen and oxygen atoms in total. The number of nitrogens with one attached hydrogen (secondary N) is 1. The number of rotatable bonds is 3. The van der Waals surface area contributed by atoms with Crippen LogP contribution in [0.4, 0.5) is 23.7 Å². The summed E-state index contributed by atoms with van der Waals surface area (Å²) in [6.07, 6.45) is -1.40. The maximum absolute atomic E-state index is 13.0. The molecular formula is C16H15F3N4O3. The van der Waals surface area contributed by atoms with E-state index in [1.165, 1.54) is 0 Å². The van der Waals surface area contributed by atoms with Gasteiger partial charge in [0.05, 0.1) is 17.5 Å². The molecule has 1 aliphatic rings. The summed E-state index contributed by atoms with van der Waals surface area (Å²) in [5, 5.41) is 15.6. The van der Waals surface area contributed by atoms with Crippen LogP contribution in [0.3, 0.4) is 0 Å². The van der Waals surface area contributed by atoms with Gasteiger partial charge in [-0.05, 0) is 24.3 Å². The first-order valence-corrected chi connectivity index (χ1v) is 7.71. The van der Waals surface area contributed by atoms with E-state index in [0.29, 0.717) is 11.4 Å². The number of carbonyl (C=O) groups is 2. The van der Waals surface area contributed by atoms with Crippen LogP contribution in [-0.2, 0) is 4.79 Å². The number of hydrogen-bond acceptors (Lipinski definition) is 3. The molecule has 0 bridgehead atoms. The lowest BCUT2D eigenvalue weighted by Crippen LogP contribution is -2.35. The zero-order chi connectivity index (χ0) is 18.9. The summed E-state index contributed by atoms with van der Waals surface area (Å²) in [5.74, 6) is -5.32. The van der Waals surface area contributed by atoms with E-state index >= 15 is 0 Å². The normalized spacial score (nSPS) is 20.2. The van der Waals surface area contributed by atoms with Crippen LogP contribution < -0.4 is 5.32 Å². The van der Waals surface area contributed by atoms with Crippen molar-refractivity contribution >= 4 is 17.7 Å². The van der Waals surface area contributed by atoms with E-state index in [4.69, 9.17) is 5.11 Å². The number of carbonyl (C=O) groups excluding carboxylic acids is 1. The molecule has 1 saturated heterocycles. The topological polar surface area (TPSA) is 87.5 Å². The van der Waals surface area contributed by atoms with E-state index in [0.717, 1.165) is 4.90 Å². The molecular weight excluding hydrogens is 353 g/mol. The van der Waals surface area contributed by atoms with Crippen molar-refractivity contribution in [3.8, 4) is 5.69 Å². The monoisotopic (exact) mass is 368 g/mol. The van der Waals surface area contributed by atoms with Gasteiger partial charge in [0.1, 0.15) is 0 Å². The second-order valence-corrected chi connectivity index (χ2v) is 5.93. The van der Waals surface area contributed by atoms with Gasteiger partial charge in [-0.1, -0.05) is 6.07 Å². The van der Waals surface area contributed by atoms with Crippen molar-refractivity contribution in [3.05, 3.63) is 42.7 Å². The fourth-order valence-electron chi connectivity index (χ4n) is 2.90. The number of aliphatic carboxylic acids is 1. The number of aromatic nitrogens is 2. The van der Waals surface area contributed by atoms with Crippen molar-refractivity contribution < 1.29 is 27.9 Å².